The molecule has 9 nitrogen and oxygen atoms in total. The van der Waals surface area contributed by atoms with Crippen LogP contribution in [0.25, 0.3) is 0 Å². The number of benzene rings is 1. The highest BCUT2D eigenvalue weighted by Gasteiger charge is 2.53. The van der Waals surface area contributed by atoms with E-state index in [9.17, 15) is 14.4 Å². The van der Waals surface area contributed by atoms with Crippen LogP contribution in [0.3, 0.4) is 0 Å². The summed E-state index contributed by atoms with van der Waals surface area (Å²) in [5.41, 5.74) is 1.61. The number of methoxy groups -OCH3 is 1. The Morgan fingerprint density at radius 2 is 1.75 bits per heavy atom. The minimum absolute atomic E-state index is 0.0148. The fraction of sp³-hybridized carbons (Fsp3) is 0.667. The fourth-order valence-electron chi connectivity index (χ4n) is 5.50. The van der Waals surface area contributed by atoms with Crippen LogP contribution in [0.1, 0.15) is 44.5 Å². The summed E-state index contributed by atoms with van der Waals surface area (Å²) in [6.07, 6.45) is -0.323. The molecule has 0 saturated carbocycles. The van der Waals surface area contributed by atoms with Gasteiger partial charge in [-0.15, -0.1) is 0 Å². The van der Waals surface area contributed by atoms with Crippen LogP contribution >= 0.6 is 0 Å². The monoisotopic (exact) mass is 500 g/mol. The van der Waals surface area contributed by atoms with Gasteiger partial charge >= 0.3 is 0 Å². The molecule has 198 valence electrons. The zero-order chi connectivity index (χ0) is 26.0. The second kappa shape index (κ2) is 11.3. The molecule has 9 heteroatoms. The number of likely N-dealkylation sites (tertiary alicyclic amines) is 1. The van der Waals surface area contributed by atoms with Crippen molar-refractivity contribution < 1.29 is 23.9 Å². The smallest absolute Gasteiger partial charge is 0.251 e. The van der Waals surface area contributed by atoms with Gasteiger partial charge in [0, 0.05) is 50.6 Å². The number of nitrogens with zero attached hydrogens (tertiary/aromatic N) is 3. The van der Waals surface area contributed by atoms with Gasteiger partial charge in [0.05, 0.1) is 6.54 Å². The van der Waals surface area contributed by atoms with Gasteiger partial charge in [0.15, 0.2) is 5.78 Å². The first kappa shape index (κ1) is 26.6. The molecule has 3 fully saturated rings. The van der Waals surface area contributed by atoms with E-state index in [2.05, 4.69) is 29.0 Å². The number of ether oxygens (including phenoxy) is 2. The third-order valence-corrected chi connectivity index (χ3v) is 7.57. The Balaban J connectivity index is 1.42. The Kier molecular flexibility index (Phi) is 8.32. The molecule has 2 amide bonds. The normalized spacial score (nSPS) is 25.5. The predicted molar refractivity (Wildman–Crippen MR) is 137 cm³/mol. The summed E-state index contributed by atoms with van der Waals surface area (Å²) in [4.78, 5) is 45.5. The van der Waals surface area contributed by atoms with E-state index in [1.165, 1.54) is 0 Å². The maximum absolute atomic E-state index is 13.6. The molecule has 1 aromatic rings. The maximum Gasteiger partial charge on any atom is 0.251 e. The first-order valence-corrected chi connectivity index (χ1v) is 13.1. The van der Waals surface area contributed by atoms with Gasteiger partial charge in [0.2, 0.25) is 5.91 Å². The molecular weight excluding hydrogens is 460 g/mol. The van der Waals surface area contributed by atoms with E-state index in [0.29, 0.717) is 18.0 Å². The molecule has 36 heavy (non-hydrogen) atoms. The highest BCUT2D eigenvalue weighted by Crippen LogP contribution is 2.30. The summed E-state index contributed by atoms with van der Waals surface area (Å²) >= 11 is 0. The van der Waals surface area contributed by atoms with Gasteiger partial charge in [-0.3, -0.25) is 19.3 Å². The van der Waals surface area contributed by atoms with Gasteiger partial charge in [-0.2, -0.15) is 0 Å². The van der Waals surface area contributed by atoms with Crippen LogP contribution in [0.4, 0.5) is 5.69 Å². The van der Waals surface area contributed by atoms with Gasteiger partial charge < -0.3 is 24.6 Å². The van der Waals surface area contributed by atoms with Crippen LogP contribution in [-0.2, 0) is 19.1 Å². The summed E-state index contributed by atoms with van der Waals surface area (Å²) in [5, 5.41) is 2.94. The molecule has 0 spiro atoms. The van der Waals surface area contributed by atoms with Crippen LogP contribution < -0.4 is 10.2 Å². The van der Waals surface area contributed by atoms with Gasteiger partial charge in [-0.1, -0.05) is 13.8 Å². The quantitative estimate of drug-likeness (QED) is 0.579. The van der Waals surface area contributed by atoms with Crippen LogP contribution in [0.5, 0.6) is 0 Å². The minimum atomic E-state index is -0.731. The number of carbonyl (C=O) groups excluding carboxylic acids is 3. The number of fused-ring (bicyclic) bond motifs is 1. The summed E-state index contributed by atoms with van der Waals surface area (Å²) in [7, 11) is 1.56. The van der Waals surface area contributed by atoms with Crippen LogP contribution in [0.15, 0.2) is 24.3 Å². The van der Waals surface area contributed by atoms with Crippen molar-refractivity contribution in [1.29, 1.82) is 0 Å². The largest absolute Gasteiger partial charge is 0.377 e. The van der Waals surface area contributed by atoms with Crippen LogP contribution in [0, 0.1) is 5.92 Å². The number of anilines is 1. The van der Waals surface area contributed by atoms with Crippen molar-refractivity contribution in [2.75, 3.05) is 51.3 Å². The average Bonchev–Trinajstić information content (AvgIpc) is 3.43. The molecule has 0 aliphatic carbocycles. The Morgan fingerprint density at radius 1 is 1.08 bits per heavy atom. The Labute approximate surface area is 214 Å². The van der Waals surface area contributed by atoms with E-state index in [-0.39, 0.29) is 42.8 Å². The van der Waals surface area contributed by atoms with Crippen molar-refractivity contribution in [2.45, 2.75) is 64.4 Å². The average molecular weight is 501 g/mol. The van der Waals surface area contributed by atoms with E-state index in [1.807, 2.05) is 38.1 Å². The molecule has 3 aliphatic rings. The minimum Gasteiger partial charge on any atom is -0.377 e. The van der Waals surface area contributed by atoms with Crippen LogP contribution in [0.2, 0.25) is 0 Å². The van der Waals surface area contributed by atoms with E-state index in [0.717, 1.165) is 31.9 Å². The molecule has 4 atom stereocenters. The highest BCUT2D eigenvalue weighted by molar-refractivity contribution is 5.99. The van der Waals surface area contributed by atoms with Crippen molar-refractivity contribution in [3.05, 3.63) is 29.8 Å². The van der Waals surface area contributed by atoms with Crippen molar-refractivity contribution in [2.24, 2.45) is 5.92 Å². The maximum atomic E-state index is 13.6. The number of hydrogen-bond acceptors (Lipinski definition) is 7. The molecule has 4 rings (SSSR count). The fourth-order valence-corrected chi connectivity index (χ4v) is 5.50. The van der Waals surface area contributed by atoms with Crippen molar-refractivity contribution in [3.63, 3.8) is 0 Å². The zero-order valence-electron chi connectivity index (χ0n) is 22.1. The molecule has 0 bridgehead atoms. The standard InChI is InChI=1S/C27H40N4O5/c1-17(2)14-21(27(34)31-15-23(35-5)25-24(31)22(32)16-36-25)28-26(33)19-6-8-20(9-7-19)30-12-10-29(11-13-30)18(3)4/h6-9,17-18,21,23-25H,10-16H2,1-5H3,(H,28,33)/t21-,23-,24+,25+/m0/s1. The van der Waals surface area contributed by atoms with Crippen LogP contribution in [-0.4, -0.2) is 104 Å². The second-order valence-corrected chi connectivity index (χ2v) is 10.8. The van der Waals surface area contributed by atoms with Gasteiger partial charge in [0.1, 0.15) is 30.9 Å². The summed E-state index contributed by atoms with van der Waals surface area (Å²) in [6, 6.07) is 6.75. The van der Waals surface area contributed by atoms with Gasteiger partial charge in [-0.05, 0) is 50.5 Å². The first-order chi connectivity index (χ1) is 17.2. The lowest BCUT2D eigenvalue weighted by molar-refractivity contribution is -0.138. The van der Waals surface area contributed by atoms with Gasteiger partial charge in [0.25, 0.3) is 5.91 Å². The topological polar surface area (TPSA) is 91.4 Å². The number of rotatable bonds is 8. The van der Waals surface area contributed by atoms with Crippen molar-refractivity contribution in [1.82, 2.24) is 15.1 Å². The third-order valence-electron chi connectivity index (χ3n) is 7.57. The molecule has 0 unspecified atom stereocenters. The number of nitrogens with one attached hydrogen (secondary N) is 1. The van der Waals surface area contributed by atoms with Crippen molar-refractivity contribution >= 4 is 23.3 Å². The molecule has 1 N–H and O–H groups in total. The third kappa shape index (κ3) is 5.58. The van der Waals surface area contributed by atoms with Crippen molar-refractivity contribution in [3.8, 4) is 0 Å². The lowest BCUT2D eigenvalue weighted by Crippen LogP contribution is -2.52. The lowest BCUT2D eigenvalue weighted by Gasteiger charge is -2.38. The summed E-state index contributed by atoms with van der Waals surface area (Å²) in [6.45, 7) is 12.7. The van der Waals surface area contributed by atoms with Gasteiger partial charge in [-0.25, -0.2) is 0 Å². The zero-order valence-corrected chi connectivity index (χ0v) is 22.1. The van der Waals surface area contributed by atoms with E-state index in [1.54, 1.807) is 12.0 Å². The number of hydrogen-bond donors (Lipinski definition) is 1. The first-order valence-electron chi connectivity index (χ1n) is 13.1. The predicted octanol–water partition coefficient (Wildman–Crippen LogP) is 1.56. The van der Waals surface area contributed by atoms with E-state index >= 15 is 0 Å². The SMILES string of the molecule is CO[C@H]1CN(C(=O)[C@H](CC(C)C)NC(=O)c2ccc(N3CCN(C(C)C)CC3)cc2)[C@@H]2C(=O)CO[C@H]12. The Bertz CT molecular complexity index is 942. The Morgan fingerprint density at radius 3 is 2.33 bits per heavy atom. The second-order valence-electron chi connectivity index (χ2n) is 10.8. The molecule has 0 aromatic heterocycles. The summed E-state index contributed by atoms with van der Waals surface area (Å²) in [5.74, 6) is -0.492. The lowest BCUT2D eigenvalue weighted by atomic mass is 10.0. The summed E-state index contributed by atoms with van der Waals surface area (Å²) < 4.78 is 11.1. The number of piperazine rings is 1. The molecule has 3 heterocycles. The number of amides is 2. The van der Waals surface area contributed by atoms with E-state index in [4.69, 9.17) is 9.47 Å². The number of Topliss-reactive ketones (excluding diaryl/α,β-unsaturated/α-hetero) is 1. The number of carbonyl (C=O) groups is 3. The molecule has 3 aliphatic heterocycles. The molecule has 3 saturated heterocycles. The molecule has 0 radical (unpaired) electrons. The highest BCUT2D eigenvalue weighted by atomic mass is 16.5. The Hall–Kier alpha value is -2.49. The van der Waals surface area contributed by atoms with E-state index < -0.39 is 18.2 Å². The molecular formula is C27H40N4O5. The number of ketones is 1. The molecule has 1 aromatic carbocycles.